The molecule has 1 N–H and O–H groups in total. The molecule has 1 aliphatic rings. The molecular formula is C18H20N2O3S. The summed E-state index contributed by atoms with van der Waals surface area (Å²) < 4.78 is 10.8. The van der Waals surface area contributed by atoms with E-state index in [0.29, 0.717) is 6.54 Å². The molecule has 1 unspecified atom stereocenters. The van der Waals surface area contributed by atoms with E-state index in [4.69, 9.17) is 9.47 Å². The molecule has 2 aromatic carbocycles. The summed E-state index contributed by atoms with van der Waals surface area (Å²) in [5, 5.41) is 2.85. The fraction of sp³-hybridized carbons (Fsp3) is 0.278. The number of hydrogen-bond acceptors (Lipinski definition) is 4. The molecule has 1 atom stereocenters. The highest BCUT2D eigenvalue weighted by molar-refractivity contribution is 7.99. The normalized spacial score (nSPS) is 16.8. The molecule has 0 saturated carbocycles. The van der Waals surface area contributed by atoms with Crippen molar-refractivity contribution in [1.82, 2.24) is 4.90 Å². The molecule has 0 aliphatic carbocycles. The van der Waals surface area contributed by atoms with E-state index in [1.165, 1.54) is 0 Å². The van der Waals surface area contributed by atoms with Gasteiger partial charge in [-0.25, -0.2) is 4.79 Å². The predicted molar refractivity (Wildman–Crippen MR) is 96.9 cm³/mol. The van der Waals surface area contributed by atoms with Gasteiger partial charge in [-0.3, -0.25) is 0 Å². The number of thioether (sulfide) groups is 1. The maximum atomic E-state index is 12.7. The molecule has 126 valence electrons. The zero-order valence-corrected chi connectivity index (χ0v) is 14.5. The summed E-state index contributed by atoms with van der Waals surface area (Å²) >= 11 is 1.72. The second-order valence-electron chi connectivity index (χ2n) is 5.32. The summed E-state index contributed by atoms with van der Waals surface area (Å²) in [6.45, 7) is 0.689. The minimum Gasteiger partial charge on any atom is -0.497 e. The van der Waals surface area contributed by atoms with Crippen molar-refractivity contribution in [3.8, 4) is 11.5 Å². The van der Waals surface area contributed by atoms with Crippen LogP contribution in [-0.4, -0.2) is 37.4 Å². The summed E-state index contributed by atoms with van der Waals surface area (Å²) in [5.41, 5.74) is 1.73. The molecule has 0 aromatic heterocycles. The van der Waals surface area contributed by atoms with Crippen LogP contribution in [0.3, 0.4) is 0 Å². The van der Waals surface area contributed by atoms with Gasteiger partial charge in [-0.15, -0.1) is 11.8 Å². The third-order valence-corrected chi connectivity index (χ3v) is 5.12. The van der Waals surface area contributed by atoms with Crippen molar-refractivity contribution in [3.63, 3.8) is 0 Å². The summed E-state index contributed by atoms with van der Waals surface area (Å²) in [6, 6.07) is 15.0. The number of para-hydroxylation sites is 1. The Morgan fingerprint density at radius 1 is 1.17 bits per heavy atom. The third-order valence-electron chi connectivity index (χ3n) is 3.88. The van der Waals surface area contributed by atoms with Gasteiger partial charge in [0.15, 0.2) is 0 Å². The number of methoxy groups -OCH3 is 2. The lowest BCUT2D eigenvalue weighted by molar-refractivity contribution is 0.213. The van der Waals surface area contributed by atoms with Gasteiger partial charge >= 0.3 is 6.03 Å². The number of benzene rings is 2. The van der Waals surface area contributed by atoms with Crippen molar-refractivity contribution < 1.29 is 14.3 Å². The minimum atomic E-state index is -0.110. The summed E-state index contributed by atoms with van der Waals surface area (Å²) in [7, 11) is 3.27. The van der Waals surface area contributed by atoms with Gasteiger partial charge in [-0.2, -0.15) is 0 Å². The quantitative estimate of drug-likeness (QED) is 0.911. The highest BCUT2D eigenvalue weighted by atomic mass is 32.2. The van der Waals surface area contributed by atoms with Crippen molar-refractivity contribution in [3.05, 3.63) is 54.1 Å². The number of nitrogens with one attached hydrogen (secondary N) is 1. The van der Waals surface area contributed by atoms with Gasteiger partial charge in [0.2, 0.25) is 0 Å². The minimum absolute atomic E-state index is 0.0984. The topological polar surface area (TPSA) is 50.8 Å². The van der Waals surface area contributed by atoms with Crippen LogP contribution >= 0.6 is 11.8 Å². The Morgan fingerprint density at radius 3 is 2.67 bits per heavy atom. The maximum absolute atomic E-state index is 12.7. The largest absolute Gasteiger partial charge is 0.497 e. The number of nitrogens with zero attached hydrogens (tertiary/aromatic N) is 1. The van der Waals surface area contributed by atoms with E-state index < -0.39 is 0 Å². The number of carbonyl (C=O) groups excluding carboxylic acids is 1. The van der Waals surface area contributed by atoms with E-state index >= 15 is 0 Å². The van der Waals surface area contributed by atoms with E-state index in [2.05, 4.69) is 5.32 Å². The molecule has 0 spiro atoms. The Morgan fingerprint density at radius 2 is 1.96 bits per heavy atom. The number of carbonyl (C=O) groups is 1. The van der Waals surface area contributed by atoms with E-state index in [0.717, 1.165) is 28.5 Å². The molecule has 1 heterocycles. The standard InChI is InChI=1S/C18H20N2O3S/c1-22-14-8-9-16(23-2)15(12-14)17-20(10-11-24-17)18(21)19-13-6-4-3-5-7-13/h3-9,12,17H,10-11H2,1-2H3,(H,19,21). The van der Waals surface area contributed by atoms with Crippen LogP contribution in [0.5, 0.6) is 11.5 Å². The lowest BCUT2D eigenvalue weighted by Crippen LogP contribution is -2.34. The lowest BCUT2D eigenvalue weighted by Gasteiger charge is -2.26. The first-order valence-corrected chi connectivity index (χ1v) is 8.74. The first kappa shape index (κ1) is 16.5. The Labute approximate surface area is 145 Å². The van der Waals surface area contributed by atoms with Crippen LogP contribution in [0.4, 0.5) is 10.5 Å². The molecule has 1 aliphatic heterocycles. The number of hydrogen-bond donors (Lipinski definition) is 1. The van der Waals surface area contributed by atoms with Crippen LogP contribution < -0.4 is 14.8 Å². The van der Waals surface area contributed by atoms with Gasteiger partial charge < -0.3 is 19.7 Å². The fourth-order valence-electron chi connectivity index (χ4n) is 2.68. The summed E-state index contributed by atoms with van der Waals surface area (Å²) in [5.74, 6) is 2.39. The highest BCUT2D eigenvalue weighted by Gasteiger charge is 2.33. The van der Waals surface area contributed by atoms with Crippen LogP contribution in [-0.2, 0) is 0 Å². The Kier molecular flexibility index (Phi) is 5.15. The summed E-state index contributed by atoms with van der Waals surface area (Å²) in [4.78, 5) is 14.5. The molecule has 2 amide bonds. The monoisotopic (exact) mass is 344 g/mol. The van der Waals surface area contributed by atoms with Crippen molar-refractivity contribution in [2.45, 2.75) is 5.37 Å². The SMILES string of the molecule is COc1ccc(OC)c(C2SCCN2C(=O)Nc2ccccc2)c1. The molecule has 3 rings (SSSR count). The lowest BCUT2D eigenvalue weighted by atomic mass is 10.1. The van der Waals surface area contributed by atoms with E-state index in [1.54, 1.807) is 26.0 Å². The van der Waals surface area contributed by atoms with Gasteiger partial charge in [0.25, 0.3) is 0 Å². The molecule has 1 saturated heterocycles. The van der Waals surface area contributed by atoms with Crippen molar-refractivity contribution in [2.24, 2.45) is 0 Å². The van der Waals surface area contributed by atoms with Gasteiger partial charge in [0.05, 0.1) is 14.2 Å². The average Bonchev–Trinajstić information content (AvgIpc) is 3.11. The Bertz CT molecular complexity index is 709. The molecule has 0 radical (unpaired) electrons. The zero-order chi connectivity index (χ0) is 16.9. The van der Waals surface area contributed by atoms with Crippen molar-refractivity contribution in [1.29, 1.82) is 0 Å². The molecule has 2 aromatic rings. The summed E-state index contributed by atoms with van der Waals surface area (Å²) in [6.07, 6.45) is 0. The molecule has 5 nitrogen and oxygen atoms in total. The molecule has 1 fully saturated rings. The van der Waals surface area contributed by atoms with E-state index in [9.17, 15) is 4.79 Å². The van der Waals surface area contributed by atoms with Crippen molar-refractivity contribution in [2.75, 3.05) is 31.8 Å². The number of anilines is 1. The first-order chi connectivity index (χ1) is 11.7. The van der Waals surface area contributed by atoms with Crippen molar-refractivity contribution >= 4 is 23.5 Å². The number of urea groups is 1. The van der Waals surface area contributed by atoms with E-state index in [-0.39, 0.29) is 11.4 Å². The predicted octanol–water partition coefficient (Wildman–Crippen LogP) is 3.98. The Hall–Kier alpha value is -2.34. The van der Waals surface area contributed by atoms with Crippen LogP contribution in [0.2, 0.25) is 0 Å². The smallest absolute Gasteiger partial charge is 0.323 e. The van der Waals surface area contributed by atoms with Gasteiger partial charge in [0, 0.05) is 23.5 Å². The highest BCUT2D eigenvalue weighted by Crippen LogP contribution is 2.43. The maximum Gasteiger partial charge on any atom is 0.323 e. The zero-order valence-electron chi connectivity index (χ0n) is 13.7. The van der Waals surface area contributed by atoms with Crippen LogP contribution in [0.1, 0.15) is 10.9 Å². The Balaban J connectivity index is 1.84. The molecule has 0 bridgehead atoms. The van der Waals surface area contributed by atoms with Gasteiger partial charge in [0.1, 0.15) is 16.9 Å². The second-order valence-corrected chi connectivity index (χ2v) is 6.51. The second kappa shape index (κ2) is 7.49. The molecule has 6 heteroatoms. The third kappa shape index (κ3) is 3.43. The number of amides is 2. The van der Waals surface area contributed by atoms with Crippen LogP contribution in [0.15, 0.2) is 48.5 Å². The van der Waals surface area contributed by atoms with E-state index in [1.807, 2.05) is 53.4 Å². The van der Waals surface area contributed by atoms with Crippen LogP contribution in [0, 0.1) is 0 Å². The first-order valence-electron chi connectivity index (χ1n) is 7.69. The average molecular weight is 344 g/mol. The molecular weight excluding hydrogens is 324 g/mol. The van der Waals surface area contributed by atoms with Gasteiger partial charge in [-0.1, -0.05) is 18.2 Å². The van der Waals surface area contributed by atoms with Crippen LogP contribution in [0.25, 0.3) is 0 Å². The number of rotatable bonds is 4. The molecule has 24 heavy (non-hydrogen) atoms. The number of ether oxygens (including phenoxy) is 2. The van der Waals surface area contributed by atoms with Gasteiger partial charge in [-0.05, 0) is 30.3 Å². The fourth-order valence-corrected chi connectivity index (χ4v) is 3.95.